The molecule has 32 heavy (non-hydrogen) atoms. The first-order valence-electron chi connectivity index (χ1n) is 10.6. The van der Waals surface area contributed by atoms with E-state index >= 15 is 0 Å². The van der Waals surface area contributed by atoms with E-state index in [1.165, 1.54) is 11.2 Å². The highest BCUT2D eigenvalue weighted by Crippen LogP contribution is 2.41. The van der Waals surface area contributed by atoms with Gasteiger partial charge in [0, 0.05) is 5.56 Å². The van der Waals surface area contributed by atoms with Gasteiger partial charge in [0.2, 0.25) is 0 Å². The number of furan rings is 1. The molecule has 1 atom stereocenters. The molecular formula is C26H25NO5. The number of hydrogen-bond donors (Lipinski definition) is 1. The monoisotopic (exact) mass is 431 g/mol. The molecule has 1 fully saturated rings. The highest BCUT2D eigenvalue weighted by molar-refractivity contribution is 6.46. The number of ether oxygens (including phenoxy) is 1. The highest BCUT2D eigenvalue weighted by atomic mass is 16.5. The standard InChI is InChI=1S/C26H25NO5/c1-3-13-31-20-7-4-6-19(15-20)23-22(24(28)18-11-9-17(2)10-12-18)25(29)26(30)27(23)16-21-8-5-14-32-21/h4-12,14-15,23,28H,3,13,16H2,1-2H3. The number of aryl methyl sites for hydroxylation is 1. The van der Waals surface area contributed by atoms with Crippen molar-refractivity contribution in [3.8, 4) is 5.75 Å². The van der Waals surface area contributed by atoms with E-state index in [0.29, 0.717) is 29.2 Å². The van der Waals surface area contributed by atoms with Gasteiger partial charge in [0.05, 0.1) is 31.0 Å². The van der Waals surface area contributed by atoms with Crippen LogP contribution in [0.15, 0.2) is 76.9 Å². The van der Waals surface area contributed by atoms with Crippen LogP contribution in [0.3, 0.4) is 0 Å². The fraction of sp³-hybridized carbons (Fsp3) is 0.231. The molecule has 1 unspecified atom stereocenters. The number of aliphatic hydroxyl groups excluding tert-OH is 1. The summed E-state index contributed by atoms with van der Waals surface area (Å²) in [5, 5.41) is 11.1. The van der Waals surface area contributed by atoms with E-state index in [-0.39, 0.29) is 17.9 Å². The summed E-state index contributed by atoms with van der Waals surface area (Å²) in [6.07, 6.45) is 2.38. The van der Waals surface area contributed by atoms with Gasteiger partial charge in [0.25, 0.3) is 11.7 Å². The number of nitrogens with zero attached hydrogens (tertiary/aromatic N) is 1. The molecule has 4 rings (SSSR count). The Bertz CT molecular complexity index is 1150. The van der Waals surface area contributed by atoms with Crippen molar-refractivity contribution in [1.29, 1.82) is 0 Å². The van der Waals surface area contributed by atoms with E-state index < -0.39 is 17.7 Å². The van der Waals surface area contributed by atoms with E-state index in [4.69, 9.17) is 9.15 Å². The third-order valence-electron chi connectivity index (χ3n) is 5.42. The summed E-state index contributed by atoms with van der Waals surface area (Å²) in [5.74, 6) is -0.413. The number of ketones is 1. The summed E-state index contributed by atoms with van der Waals surface area (Å²) in [6.45, 7) is 4.62. The van der Waals surface area contributed by atoms with Crippen molar-refractivity contribution in [3.63, 3.8) is 0 Å². The lowest BCUT2D eigenvalue weighted by atomic mass is 9.95. The summed E-state index contributed by atoms with van der Waals surface area (Å²) in [7, 11) is 0. The van der Waals surface area contributed by atoms with E-state index in [1.54, 1.807) is 24.3 Å². The predicted molar refractivity (Wildman–Crippen MR) is 120 cm³/mol. The molecule has 0 radical (unpaired) electrons. The van der Waals surface area contributed by atoms with Crippen LogP contribution in [0.2, 0.25) is 0 Å². The summed E-state index contributed by atoms with van der Waals surface area (Å²) >= 11 is 0. The number of benzene rings is 2. The maximum Gasteiger partial charge on any atom is 0.296 e. The molecule has 164 valence electrons. The van der Waals surface area contributed by atoms with E-state index in [2.05, 4.69) is 0 Å². The van der Waals surface area contributed by atoms with E-state index in [0.717, 1.165) is 12.0 Å². The molecular weight excluding hydrogens is 406 g/mol. The van der Waals surface area contributed by atoms with Crippen molar-refractivity contribution in [2.24, 2.45) is 0 Å². The average molecular weight is 431 g/mol. The molecule has 0 aliphatic carbocycles. The van der Waals surface area contributed by atoms with Crippen LogP contribution in [0.25, 0.3) is 5.76 Å². The molecule has 0 bridgehead atoms. The SMILES string of the molecule is CCCOc1cccc(C2C(=C(O)c3ccc(C)cc3)C(=O)C(=O)N2Cc2ccco2)c1. The number of likely N-dealkylation sites (tertiary alicyclic amines) is 1. The number of carbonyl (C=O) groups excluding carboxylic acids is 2. The second-order valence-electron chi connectivity index (χ2n) is 7.79. The summed E-state index contributed by atoms with van der Waals surface area (Å²) in [6, 6.07) is 17.2. The smallest absolute Gasteiger partial charge is 0.296 e. The summed E-state index contributed by atoms with van der Waals surface area (Å²) in [4.78, 5) is 27.6. The molecule has 1 amide bonds. The Balaban J connectivity index is 1.83. The van der Waals surface area contributed by atoms with E-state index in [1.807, 2.05) is 50.2 Å². The Morgan fingerprint density at radius 1 is 1.09 bits per heavy atom. The highest BCUT2D eigenvalue weighted by Gasteiger charge is 2.46. The van der Waals surface area contributed by atoms with Gasteiger partial charge < -0.3 is 19.2 Å². The van der Waals surface area contributed by atoms with Gasteiger partial charge in [-0.1, -0.05) is 48.9 Å². The Labute approximate surface area is 186 Å². The number of amides is 1. The first-order valence-corrected chi connectivity index (χ1v) is 10.6. The van der Waals surface area contributed by atoms with Gasteiger partial charge in [-0.05, 0) is 43.2 Å². The first kappa shape index (κ1) is 21.4. The van der Waals surface area contributed by atoms with Crippen molar-refractivity contribution in [2.45, 2.75) is 32.9 Å². The van der Waals surface area contributed by atoms with Gasteiger partial charge in [-0.2, -0.15) is 0 Å². The van der Waals surface area contributed by atoms with Crippen LogP contribution in [-0.2, 0) is 16.1 Å². The van der Waals surface area contributed by atoms with Crippen LogP contribution in [0, 0.1) is 6.92 Å². The van der Waals surface area contributed by atoms with E-state index in [9.17, 15) is 14.7 Å². The maximum absolute atomic E-state index is 13.1. The first-order chi connectivity index (χ1) is 15.5. The molecule has 0 saturated carbocycles. The number of aliphatic hydroxyl groups is 1. The zero-order valence-corrected chi connectivity index (χ0v) is 18.1. The van der Waals surface area contributed by atoms with Gasteiger partial charge in [-0.15, -0.1) is 0 Å². The summed E-state index contributed by atoms with van der Waals surface area (Å²) < 4.78 is 11.2. The van der Waals surface area contributed by atoms with Crippen molar-refractivity contribution in [3.05, 3.63) is 95.0 Å². The topological polar surface area (TPSA) is 80.0 Å². The normalized spacial score (nSPS) is 17.7. The predicted octanol–water partition coefficient (Wildman–Crippen LogP) is 5.00. The lowest BCUT2D eigenvalue weighted by Gasteiger charge is -2.25. The van der Waals surface area contributed by atoms with Crippen molar-refractivity contribution in [2.75, 3.05) is 6.61 Å². The molecule has 1 saturated heterocycles. The minimum absolute atomic E-state index is 0.0538. The second-order valence-corrected chi connectivity index (χ2v) is 7.79. The minimum atomic E-state index is -0.772. The Hall–Kier alpha value is -3.80. The zero-order chi connectivity index (χ0) is 22.7. The largest absolute Gasteiger partial charge is 0.507 e. The zero-order valence-electron chi connectivity index (χ0n) is 18.1. The average Bonchev–Trinajstić information content (AvgIpc) is 3.40. The molecule has 6 nitrogen and oxygen atoms in total. The number of Topliss-reactive ketones (excluding diaryl/α,β-unsaturated/α-hetero) is 1. The number of rotatable bonds is 7. The molecule has 1 aliphatic heterocycles. The van der Waals surface area contributed by atoms with Crippen LogP contribution >= 0.6 is 0 Å². The quantitative estimate of drug-likeness (QED) is 0.324. The lowest BCUT2D eigenvalue weighted by molar-refractivity contribution is -0.140. The fourth-order valence-corrected chi connectivity index (χ4v) is 3.82. The Kier molecular flexibility index (Phi) is 6.12. The summed E-state index contributed by atoms with van der Waals surface area (Å²) in [5.41, 5.74) is 2.24. The molecule has 2 aromatic carbocycles. The van der Waals surface area contributed by atoms with Gasteiger partial charge in [-0.3, -0.25) is 9.59 Å². The molecule has 6 heteroatoms. The van der Waals surface area contributed by atoms with Crippen LogP contribution < -0.4 is 4.74 Å². The van der Waals surface area contributed by atoms with Gasteiger partial charge in [0.15, 0.2) is 0 Å². The number of hydrogen-bond acceptors (Lipinski definition) is 5. The molecule has 0 spiro atoms. The molecule has 3 aromatic rings. The third kappa shape index (κ3) is 4.17. The number of carbonyl (C=O) groups is 2. The second kappa shape index (κ2) is 9.14. The van der Waals surface area contributed by atoms with Crippen LogP contribution in [0.1, 0.15) is 41.8 Å². The fourth-order valence-electron chi connectivity index (χ4n) is 3.82. The van der Waals surface area contributed by atoms with Crippen LogP contribution in [0.4, 0.5) is 0 Å². The molecule has 1 N–H and O–H groups in total. The molecule has 1 aromatic heterocycles. The van der Waals surface area contributed by atoms with Crippen molar-refractivity contribution >= 4 is 17.4 Å². The third-order valence-corrected chi connectivity index (χ3v) is 5.42. The van der Waals surface area contributed by atoms with Crippen LogP contribution in [-0.4, -0.2) is 28.3 Å². The van der Waals surface area contributed by atoms with Crippen molar-refractivity contribution in [1.82, 2.24) is 4.90 Å². The van der Waals surface area contributed by atoms with Crippen LogP contribution in [0.5, 0.6) is 5.75 Å². The van der Waals surface area contributed by atoms with Gasteiger partial charge in [-0.25, -0.2) is 0 Å². The minimum Gasteiger partial charge on any atom is -0.507 e. The van der Waals surface area contributed by atoms with Gasteiger partial charge in [0.1, 0.15) is 17.3 Å². The Morgan fingerprint density at radius 2 is 1.88 bits per heavy atom. The Morgan fingerprint density at radius 3 is 2.56 bits per heavy atom. The van der Waals surface area contributed by atoms with Gasteiger partial charge >= 0.3 is 0 Å². The molecule has 2 heterocycles. The maximum atomic E-state index is 13.1. The lowest BCUT2D eigenvalue weighted by Crippen LogP contribution is -2.29. The molecule has 1 aliphatic rings. The van der Waals surface area contributed by atoms with Crippen molar-refractivity contribution < 1.29 is 23.8 Å².